The smallest absolute Gasteiger partial charge is 0.0858 e. The van der Waals surface area contributed by atoms with Gasteiger partial charge in [0.05, 0.1) is 11.4 Å². The lowest BCUT2D eigenvalue weighted by atomic mass is 10.1. The van der Waals surface area contributed by atoms with E-state index in [9.17, 15) is 0 Å². The lowest BCUT2D eigenvalue weighted by molar-refractivity contribution is 0.965. The van der Waals surface area contributed by atoms with Gasteiger partial charge in [0.2, 0.25) is 0 Å². The molecule has 0 fully saturated rings. The van der Waals surface area contributed by atoms with Crippen LogP contribution >= 0.6 is 0 Å². The fourth-order valence-corrected chi connectivity index (χ4v) is 1.39. The second-order valence-corrected chi connectivity index (χ2v) is 3.60. The summed E-state index contributed by atoms with van der Waals surface area (Å²) in [4.78, 5) is 6.23. The number of hydrogen-bond donors (Lipinski definition) is 0. The van der Waals surface area contributed by atoms with Crippen LogP contribution in [0, 0.1) is 13.8 Å². The third kappa shape index (κ3) is 1.95. The van der Waals surface area contributed by atoms with Gasteiger partial charge in [-0.1, -0.05) is 0 Å². The summed E-state index contributed by atoms with van der Waals surface area (Å²) in [6, 6.07) is 4.26. The number of nitrogens with zero attached hydrogens (tertiary/aromatic N) is 2. The standard InChI is InChI=1S/C12H18N2/c1-6-14(5)12-8-10(3)9(2)7-11(12)13-4/h7-8H,4,6H2,1-3,5H3. The molecule has 0 aromatic heterocycles. The topological polar surface area (TPSA) is 15.6 Å². The highest BCUT2D eigenvalue weighted by Crippen LogP contribution is 2.30. The first-order valence-electron chi connectivity index (χ1n) is 4.89. The minimum absolute atomic E-state index is 0.970. The van der Waals surface area contributed by atoms with Gasteiger partial charge in [-0.3, -0.25) is 4.99 Å². The van der Waals surface area contributed by atoms with Gasteiger partial charge in [-0.15, -0.1) is 0 Å². The van der Waals surface area contributed by atoms with Crippen molar-refractivity contribution in [2.45, 2.75) is 20.8 Å². The second-order valence-electron chi connectivity index (χ2n) is 3.60. The third-order valence-corrected chi connectivity index (χ3v) is 2.65. The molecule has 0 aliphatic carbocycles. The molecule has 0 atom stereocenters. The predicted molar refractivity (Wildman–Crippen MR) is 64.1 cm³/mol. The van der Waals surface area contributed by atoms with E-state index in [1.807, 2.05) is 0 Å². The molecule has 0 amide bonds. The first-order valence-corrected chi connectivity index (χ1v) is 4.89. The Hall–Kier alpha value is -1.31. The van der Waals surface area contributed by atoms with Crippen LogP contribution in [0.1, 0.15) is 18.1 Å². The molecule has 0 N–H and O–H groups in total. The van der Waals surface area contributed by atoms with Crippen LogP contribution in [0.2, 0.25) is 0 Å². The van der Waals surface area contributed by atoms with Crippen molar-refractivity contribution < 1.29 is 0 Å². The van der Waals surface area contributed by atoms with E-state index in [1.54, 1.807) is 0 Å². The molecule has 1 aromatic rings. The zero-order valence-corrected chi connectivity index (χ0v) is 9.46. The van der Waals surface area contributed by atoms with Crippen LogP contribution in [-0.2, 0) is 0 Å². The van der Waals surface area contributed by atoms with E-state index in [4.69, 9.17) is 0 Å². The molecular formula is C12H18N2. The molecule has 0 unspecified atom stereocenters. The van der Waals surface area contributed by atoms with Gasteiger partial charge in [-0.2, -0.15) is 0 Å². The maximum absolute atomic E-state index is 4.05. The van der Waals surface area contributed by atoms with Crippen LogP contribution < -0.4 is 4.90 Å². The Bertz CT molecular complexity index is 342. The summed E-state index contributed by atoms with van der Waals surface area (Å²) in [7, 11) is 2.07. The summed E-state index contributed by atoms with van der Waals surface area (Å²) in [5, 5.41) is 0. The lowest BCUT2D eigenvalue weighted by Gasteiger charge is -2.20. The van der Waals surface area contributed by atoms with E-state index in [2.05, 4.69) is 56.6 Å². The van der Waals surface area contributed by atoms with Crippen molar-refractivity contribution in [3.05, 3.63) is 23.3 Å². The van der Waals surface area contributed by atoms with Gasteiger partial charge in [0.15, 0.2) is 0 Å². The van der Waals surface area contributed by atoms with Crippen LogP contribution in [0.4, 0.5) is 11.4 Å². The van der Waals surface area contributed by atoms with Crippen molar-refractivity contribution in [3.63, 3.8) is 0 Å². The van der Waals surface area contributed by atoms with Crippen LogP contribution in [-0.4, -0.2) is 20.3 Å². The van der Waals surface area contributed by atoms with Crippen LogP contribution in [0.15, 0.2) is 17.1 Å². The zero-order valence-electron chi connectivity index (χ0n) is 9.46. The average Bonchev–Trinajstić information content (AvgIpc) is 2.20. The predicted octanol–water partition coefficient (Wildman–Crippen LogP) is 3.09. The Morgan fingerprint density at radius 3 is 2.36 bits per heavy atom. The summed E-state index contributed by atoms with van der Waals surface area (Å²) in [5.41, 5.74) is 4.69. The molecule has 0 aliphatic rings. The maximum atomic E-state index is 4.05. The number of rotatable bonds is 3. The van der Waals surface area contributed by atoms with Gasteiger partial charge in [-0.05, 0) is 50.7 Å². The molecular weight excluding hydrogens is 172 g/mol. The number of aliphatic imine (C=N–C) groups is 1. The number of aryl methyl sites for hydroxylation is 2. The van der Waals surface area contributed by atoms with E-state index < -0.39 is 0 Å². The van der Waals surface area contributed by atoms with E-state index in [0.29, 0.717) is 0 Å². The van der Waals surface area contributed by atoms with Crippen molar-refractivity contribution in [3.8, 4) is 0 Å². The van der Waals surface area contributed by atoms with Gasteiger partial charge < -0.3 is 4.90 Å². The van der Waals surface area contributed by atoms with Gasteiger partial charge >= 0.3 is 0 Å². The molecule has 2 heteroatoms. The van der Waals surface area contributed by atoms with E-state index in [-0.39, 0.29) is 0 Å². The number of hydrogen-bond acceptors (Lipinski definition) is 2. The Kier molecular flexibility index (Phi) is 3.28. The summed E-state index contributed by atoms with van der Waals surface area (Å²) in [6.07, 6.45) is 0. The Balaban J connectivity index is 3.26. The molecule has 0 bridgehead atoms. The quantitative estimate of drug-likeness (QED) is 0.669. The summed E-state index contributed by atoms with van der Waals surface area (Å²) >= 11 is 0. The van der Waals surface area contributed by atoms with E-state index >= 15 is 0 Å². The SMILES string of the molecule is C=Nc1cc(C)c(C)cc1N(C)CC. The van der Waals surface area contributed by atoms with E-state index in [0.717, 1.165) is 17.9 Å². The summed E-state index contributed by atoms with van der Waals surface area (Å²) in [6.45, 7) is 10.9. The number of benzene rings is 1. The van der Waals surface area contributed by atoms with Gasteiger partial charge in [0, 0.05) is 13.6 Å². The molecule has 2 nitrogen and oxygen atoms in total. The Morgan fingerprint density at radius 1 is 1.29 bits per heavy atom. The van der Waals surface area contributed by atoms with Crippen molar-refractivity contribution >= 4 is 18.1 Å². The molecule has 76 valence electrons. The molecule has 0 aliphatic heterocycles. The highest BCUT2D eigenvalue weighted by Gasteiger charge is 2.06. The minimum atomic E-state index is 0.970. The Labute approximate surface area is 86.3 Å². The molecule has 0 radical (unpaired) electrons. The first-order chi connectivity index (χ1) is 6.60. The monoisotopic (exact) mass is 190 g/mol. The van der Waals surface area contributed by atoms with Crippen LogP contribution in [0.3, 0.4) is 0 Å². The minimum Gasteiger partial charge on any atom is -0.373 e. The largest absolute Gasteiger partial charge is 0.373 e. The fourth-order valence-electron chi connectivity index (χ4n) is 1.39. The molecule has 1 aromatic carbocycles. The van der Waals surface area contributed by atoms with Crippen molar-refractivity contribution in [1.29, 1.82) is 0 Å². The molecule has 0 spiro atoms. The average molecular weight is 190 g/mol. The van der Waals surface area contributed by atoms with Crippen LogP contribution in [0.5, 0.6) is 0 Å². The third-order valence-electron chi connectivity index (χ3n) is 2.65. The first kappa shape index (κ1) is 10.8. The van der Waals surface area contributed by atoms with Gasteiger partial charge in [0.25, 0.3) is 0 Å². The van der Waals surface area contributed by atoms with Crippen LogP contribution in [0.25, 0.3) is 0 Å². The molecule has 1 rings (SSSR count). The van der Waals surface area contributed by atoms with E-state index in [1.165, 1.54) is 11.1 Å². The zero-order chi connectivity index (χ0) is 10.7. The Morgan fingerprint density at radius 2 is 1.86 bits per heavy atom. The van der Waals surface area contributed by atoms with Crippen molar-refractivity contribution in [1.82, 2.24) is 0 Å². The number of anilines is 1. The molecule has 0 heterocycles. The van der Waals surface area contributed by atoms with Crippen molar-refractivity contribution in [2.24, 2.45) is 4.99 Å². The summed E-state index contributed by atoms with van der Waals surface area (Å²) in [5.74, 6) is 0. The van der Waals surface area contributed by atoms with Gasteiger partial charge in [0.1, 0.15) is 0 Å². The highest BCUT2D eigenvalue weighted by atomic mass is 15.1. The second kappa shape index (κ2) is 4.27. The van der Waals surface area contributed by atoms with Gasteiger partial charge in [-0.25, -0.2) is 0 Å². The lowest BCUT2D eigenvalue weighted by Crippen LogP contribution is -2.16. The maximum Gasteiger partial charge on any atom is 0.0858 e. The molecule has 0 saturated carbocycles. The fraction of sp³-hybridized carbons (Fsp3) is 0.417. The molecule has 14 heavy (non-hydrogen) atoms. The normalized spacial score (nSPS) is 10.0. The van der Waals surface area contributed by atoms with Crippen molar-refractivity contribution in [2.75, 3.05) is 18.5 Å². The highest BCUT2D eigenvalue weighted by molar-refractivity contribution is 5.70. The molecule has 0 saturated heterocycles. The summed E-state index contributed by atoms with van der Waals surface area (Å²) < 4.78 is 0.